The van der Waals surface area contributed by atoms with Crippen molar-refractivity contribution < 1.29 is 5.11 Å². The van der Waals surface area contributed by atoms with E-state index < -0.39 is 0 Å². The number of hydrogen-bond donors (Lipinski definition) is 1. The lowest BCUT2D eigenvalue weighted by Crippen LogP contribution is -1.90. The second-order valence-corrected chi connectivity index (χ2v) is 5.70. The highest BCUT2D eigenvalue weighted by molar-refractivity contribution is 6.03. The largest absolute Gasteiger partial charge is 0.494 e. The van der Waals surface area contributed by atoms with Crippen LogP contribution in [-0.4, -0.2) is 15.9 Å². The molecular formula is C20H22N2O. The summed E-state index contributed by atoms with van der Waals surface area (Å²) in [6, 6.07) is 14.3. The maximum Gasteiger partial charge on any atom is 0.200 e. The number of fused-ring (bicyclic) bond motifs is 1. The number of hydrogen-bond acceptors (Lipinski definition) is 2. The number of aromatic hydroxyl groups is 1. The zero-order valence-corrected chi connectivity index (χ0v) is 13.9. The minimum atomic E-state index is 0.252. The molecule has 3 nitrogen and oxygen atoms in total. The van der Waals surface area contributed by atoms with Crippen molar-refractivity contribution >= 4 is 22.8 Å². The van der Waals surface area contributed by atoms with Crippen molar-refractivity contribution in [1.29, 1.82) is 0 Å². The molecule has 0 aliphatic rings. The van der Waals surface area contributed by atoms with Gasteiger partial charge in [-0.2, -0.15) is 0 Å². The third kappa shape index (κ3) is 2.63. The number of aliphatic imine (C=N–C) groups is 1. The van der Waals surface area contributed by atoms with Gasteiger partial charge in [-0.25, -0.2) is 0 Å². The summed E-state index contributed by atoms with van der Waals surface area (Å²) in [6.45, 7) is 4.28. The van der Waals surface area contributed by atoms with E-state index in [4.69, 9.17) is 4.99 Å². The number of benzene rings is 2. The van der Waals surface area contributed by atoms with Gasteiger partial charge in [-0.3, -0.25) is 4.99 Å². The van der Waals surface area contributed by atoms with Crippen molar-refractivity contribution in [2.75, 3.05) is 0 Å². The Morgan fingerprint density at radius 2 is 1.65 bits per heavy atom. The Kier molecular flexibility index (Phi) is 4.20. The second-order valence-electron chi connectivity index (χ2n) is 5.70. The molecule has 0 fully saturated rings. The van der Waals surface area contributed by atoms with Gasteiger partial charge in [0.15, 0.2) is 0 Å². The average molecular weight is 306 g/mol. The Bertz CT molecular complexity index is 852. The predicted octanol–water partition coefficient (Wildman–Crippen LogP) is 4.76. The summed E-state index contributed by atoms with van der Waals surface area (Å²) < 4.78 is 1.79. The lowest BCUT2D eigenvalue weighted by Gasteiger charge is -2.08. The normalized spacial score (nSPS) is 11.6. The Hall–Kier alpha value is -2.55. The van der Waals surface area contributed by atoms with E-state index in [2.05, 4.69) is 32.0 Å². The number of rotatable bonds is 4. The molecule has 3 aromatic rings. The molecule has 0 spiro atoms. The van der Waals surface area contributed by atoms with Crippen LogP contribution in [0.25, 0.3) is 10.9 Å². The van der Waals surface area contributed by atoms with Crippen LogP contribution in [0.5, 0.6) is 5.88 Å². The van der Waals surface area contributed by atoms with Crippen LogP contribution in [0.1, 0.15) is 30.5 Å². The second kappa shape index (κ2) is 6.29. The molecule has 1 heterocycles. The molecule has 3 heteroatoms. The summed E-state index contributed by atoms with van der Waals surface area (Å²) >= 11 is 0. The van der Waals surface area contributed by atoms with Gasteiger partial charge in [0.25, 0.3) is 0 Å². The molecule has 0 saturated heterocycles. The molecule has 0 aliphatic heterocycles. The quantitative estimate of drug-likeness (QED) is 0.693. The lowest BCUT2D eigenvalue weighted by molar-refractivity contribution is 0.434. The van der Waals surface area contributed by atoms with E-state index >= 15 is 0 Å². The van der Waals surface area contributed by atoms with Crippen molar-refractivity contribution in [1.82, 2.24) is 4.57 Å². The van der Waals surface area contributed by atoms with Gasteiger partial charge in [-0.15, -0.1) is 0 Å². The molecule has 0 radical (unpaired) electrons. The van der Waals surface area contributed by atoms with Crippen molar-refractivity contribution in [3.05, 3.63) is 59.2 Å². The summed E-state index contributed by atoms with van der Waals surface area (Å²) in [5.74, 6) is 0.252. The zero-order valence-electron chi connectivity index (χ0n) is 13.9. The number of nitrogens with zero attached hydrogens (tertiary/aromatic N) is 2. The topological polar surface area (TPSA) is 37.5 Å². The average Bonchev–Trinajstić information content (AvgIpc) is 2.84. The molecule has 3 rings (SSSR count). The van der Waals surface area contributed by atoms with Crippen LogP contribution in [0.15, 0.2) is 47.5 Å². The van der Waals surface area contributed by atoms with Crippen LogP contribution in [0.2, 0.25) is 0 Å². The van der Waals surface area contributed by atoms with Crippen molar-refractivity contribution in [3.63, 3.8) is 0 Å². The molecule has 1 aromatic heterocycles. The Labute approximate surface area is 136 Å². The van der Waals surface area contributed by atoms with Crippen LogP contribution in [0.4, 0.5) is 5.69 Å². The predicted molar refractivity (Wildman–Crippen MR) is 97.0 cm³/mol. The van der Waals surface area contributed by atoms with Gasteiger partial charge in [0, 0.05) is 18.6 Å². The van der Waals surface area contributed by atoms with Gasteiger partial charge in [-0.1, -0.05) is 50.2 Å². The SMILES string of the molecule is CCc1cccc(CC)c1N=Cc1c(O)n(C)c2ccccc12. The molecule has 0 unspecified atom stereocenters. The van der Waals surface area contributed by atoms with Gasteiger partial charge in [0.1, 0.15) is 0 Å². The summed E-state index contributed by atoms with van der Waals surface area (Å²) in [5, 5.41) is 11.4. The summed E-state index contributed by atoms with van der Waals surface area (Å²) in [7, 11) is 1.87. The van der Waals surface area contributed by atoms with Gasteiger partial charge in [0.2, 0.25) is 5.88 Å². The first kappa shape index (κ1) is 15.3. The lowest BCUT2D eigenvalue weighted by atomic mass is 10.0. The van der Waals surface area contributed by atoms with E-state index in [1.807, 2.05) is 31.3 Å². The third-order valence-corrected chi connectivity index (χ3v) is 4.40. The van der Waals surface area contributed by atoms with Crippen molar-refractivity contribution in [2.45, 2.75) is 26.7 Å². The molecule has 118 valence electrons. The van der Waals surface area contributed by atoms with E-state index in [0.29, 0.717) is 0 Å². The highest BCUT2D eigenvalue weighted by atomic mass is 16.3. The van der Waals surface area contributed by atoms with E-state index in [9.17, 15) is 5.11 Å². The van der Waals surface area contributed by atoms with Gasteiger partial charge in [-0.05, 0) is 30.0 Å². The van der Waals surface area contributed by atoms with Gasteiger partial charge >= 0.3 is 0 Å². The van der Waals surface area contributed by atoms with Crippen LogP contribution < -0.4 is 0 Å². The Morgan fingerprint density at radius 3 is 2.30 bits per heavy atom. The molecule has 2 aromatic carbocycles. The first-order valence-electron chi connectivity index (χ1n) is 8.08. The summed E-state index contributed by atoms with van der Waals surface area (Å²) in [5.41, 5.74) is 5.28. The van der Waals surface area contributed by atoms with Crippen molar-refractivity contribution in [3.8, 4) is 5.88 Å². The summed E-state index contributed by atoms with van der Waals surface area (Å²) in [4.78, 5) is 4.74. The molecule has 1 N–H and O–H groups in total. The van der Waals surface area contributed by atoms with Gasteiger partial charge < -0.3 is 9.67 Å². The fraction of sp³-hybridized carbons (Fsp3) is 0.250. The standard InChI is InChI=1S/C20H22N2O/c1-4-14-9-8-10-15(5-2)19(14)21-13-17-16-11-6-7-12-18(16)22(3)20(17)23/h6-13,23H,4-5H2,1-3H3. The first-order chi connectivity index (χ1) is 11.2. The number of aryl methyl sites for hydroxylation is 3. The van der Waals surface area contributed by atoms with Crippen LogP contribution in [0, 0.1) is 0 Å². The Balaban J connectivity index is 2.13. The van der Waals surface area contributed by atoms with E-state index in [0.717, 1.165) is 35.0 Å². The molecular weight excluding hydrogens is 284 g/mol. The molecule has 23 heavy (non-hydrogen) atoms. The minimum Gasteiger partial charge on any atom is -0.494 e. The van der Waals surface area contributed by atoms with Crippen LogP contribution in [0.3, 0.4) is 0 Å². The molecule has 0 saturated carbocycles. The van der Waals surface area contributed by atoms with E-state index in [1.165, 1.54) is 11.1 Å². The van der Waals surface area contributed by atoms with Crippen molar-refractivity contribution in [2.24, 2.45) is 12.0 Å². The highest BCUT2D eigenvalue weighted by Gasteiger charge is 2.12. The molecule has 0 bridgehead atoms. The Morgan fingerprint density at radius 1 is 1.00 bits per heavy atom. The minimum absolute atomic E-state index is 0.252. The number of aromatic nitrogens is 1. The maximum atomic E-state index is 10.4. The van der Waals surface area contributed by atoms with Crippen LogP contribution in [-0.2, 0) is 19.9 Å². The molecule has 0 aliphatic carbocycles. The highest BCUT2D eigenvalue weighted by Crippen LogP contribution is 2.30. The monoisotopic (exact) mass is 306 g/mol. The third-order valence-electron chi connectivity index (χ3n) is 4.40. The van der Waals surface area contributed by atoms with E-state index in [-0.39, 0.29) is 5.88 Å². The summed E-state index contributed by atoms with van der Waals surface area (Å²) in [6.07, 6.45) is 3.69. The van der Waals surface area contributed by atoms with Crippen LogP contribution >= 0.6 is 0 Å². The fourth-order valence-corrected chi connectivity index (χ4v) is 3.05. The smallest absolute Gasteiger partial charge is 0.200 e. The maximum absolute atomic E-state index is 10.4. The first-order valence-corrected chi connectivity index (χ1v) is 8.08. The molecule has 0 amide bonds. The fourth-order valence-electron chi connectivity index (χ4n) is 3.05. The van der Waals surface area contributed by atoms with Gasteiger partial charge in [0.05, 0.1) is 16.8 Å². The zero-order chi connectivity index (χ0) is 16.4. The van der Waals surface area contributed by atoms with E-state index in [1.54, 1.807) is 10.8 Å². The molecule has 0 atom stereocenters. The number of para-hydroxylation sites is 2.